The first kappa shape index (κ1) is 17.4. The van der Waals surface area contributed by atoms with Gasteiger partial charge < -0.3 is 14.5 Å². The number of carbonyl (C=O) groups excluding carboxylic acids is 1. The maximum atomic E-state index is 12.2. The highest BCUT2D eigenvalue weighted by Gasteiger charge is 2.14. The Morgan fingerprint density at radius 2 is 1.81 bits per heavy atom. The quantitative estimate of drug-likeness (QED) is 0.717. The minimum Gasteiger partial charge on any atom is -0.378 e. The molecule has 0 radical (unpaired) electrons. The average molecular weight is 362 g/mol. The zero-order chi connectivity index (χ0) is 18.8. The molecular weight excluding hydrogens is 340 g/mol. The van der Waals surface area contributed by atoms with E-state index in [2.05, 4.69) is 9.88 Å². The summed E-state index contributed by atoms with van der Waals surface area (Å²) in [6.07, 6.45) is 1.82. The Balaban J connectivity index is 1.70. The van der Waals surface area contributed by atoms with Gasteiger partial charge in [0.1, 0.15) is 5.82 Å². The van der Waals surface area contributed by atoms with Crippen LogP contribution in [0.1, 0.15) is 10.4 Å². The maximum Gasteiger partial charge on any atom is 0.253 e. The molecule has 1 aromatic heterocycles. The van der Waals surface area contributed by atoms with Crippen LogP contribution in [0.2, 0.25) is 0 Å². The molecular formula is C21H22N4O2. The highest BCUT2D eigenvalue weighted by atomic mass is 16.5. The van der Waals surface area contributed by atoms with Crippen molar-refractivity contribution in [3.63, 3.8) is 0 Å². The fourth-order valence-corrected chi connectivity index (χ4v) is 3.22. The second-order valence-electron chi connectivity index (χ2n) is 6.81. The first-order valence-electron chi connectivity index (χ1n) is 9.03. The van der Waals surface area contributed by atoms with Gasteiger partial charge in [0.2, 0.25) is 0 Å². The molecule has 0 atom stereocenters. The SMILES string of the molecule is CN(C)C(=O)c1cccc(-c2ccc3ncc(N4CCOCC4)nc3c2)c1. The summed E-state index contributed by atoms with van der Waals surface area (Å²) in [6.45, 7) is 3.09. The molecule has 27 heavy (non-hydrogen) atoms. The van der Waals surface area contributed by atoms with Gasteiger partial charge in [-0.1, -0.05) is 18.2 Å². The van der Waals surface area contributed by atoms with Gasteiger partial charge in [0.05, 0.1) is 30.4 Å². The van der Waals surface area contributed by atoms with Crippen molar-refractivity contribution in [3.8, 4) is 11.1 Å². The molecule has 1 amide bonds. The molecule has 3 aromatic rings. The standard InChI is InChI=1S/C21H22N4O2/c1-24(2)21(26)17-5-3-4-15(12-17)16-6-7-18-19(13-16)23-20(14-22-18)25-8-10-27-11-9-25/h3-7,12-14H,8-11H2,1-2H3. The predicted octanol–water partition coefficient (Wildman–Crippen LogP) is 2.84. The fourth-order valence-electron chi connectivity index (χ4n) is 3.22. The van der Waals surface area contributed by atoms with Gasteiger partial charge in [0.15, 0.2) is 0 Å². The summed E-state index contributed by atoms with van der Waals surface area (Å²) in [5.74, 6) is 0.867. The minimum absolute atomic E-state index is 0.00738. The monoisotopic (exact) mass is 362 g/mol. The topological polar surface area (TPSA) is 58.6 Å². The largest absolute Gasteiger partial charge is 0.378 e. The first-order chi connectivity index (χ1) is 13.1. The van der Waals surface area contributed by atoms with Gasteiger partial charge in [0.25, 0.3) is 5.91 Å². The number of ether oxygens (including phenoxy) is 1. The molecule has 6 heteroatoms. The van der Waals surface area contributed by atoms with Crippen molar-refractivity contribution < 1.29 is 9.53 Å². The number of fused-ring (bicyclic) bond motifs is 1. The third-order valence-electron chi connectivity index (χ3n) is 4.71. The van der Waals surface area contributed by atoms with Gasteiger partial charge in [-0.15, -0.1) is 0 Å². The molecule has 1 saturated heterocycles. The molecule has 0 unspecified atom stereocenters. The number of nitrogens with zero attached hydrogens (tertiary/aromatic N) is 4. The van der Waals surface area contributed by atoms with Crippen LogP contribution in [0.4, 0.5) is 5.82 Å². The number of amides is 1. The third kappa shape index (κ3) is 3.61. The number of benzene rings is 2. The van der Waals surface area contributed by atoms with E-state index in [0.29, 0.717) is 18.8 Å². The zero-order valence-corrected chi connectivity index (χ0v) is 15.6. The molecule has 1 aliphatic heterocycles. The van der Waals surface area contributed by atoms with Crippen LogP contribution >= 0.6 is 0 Å². The molecule has 0 spiro atoms. The third-order valence-corrected chi connectivity index (χ3v) is 4.71. The lowest BCUT2D eigenvalue weighted by atomic mass is 10.0. The van der Waals surface area contributed by atoms with Crippen LogP contribution in [0.3, 0.4) is 0 Å². The Hall–Kier alpha value is -2.99. The second kappa shape index (κ2) is 7.32. The predicted molar refractivity (Wildman–Crippen MR) is 106 cm³/mol. The second-order valence-corrected chi connectivity index (χ2v) is 6.81. The molecule has 0 aliphatic carbocycles. The van der Waals surface area contributed by atoms with Gasteiger partial charge in [-0.3, -0.25) is 9.78 Å². The van der Waals surface area contributed by atoms with E-state index in [1.54, 1.807) is 19.0 Å². The number of hydrogen-bond acceptors (Lipinski definition) is 5. The Morgan fingerprint density at radius 3 is 2.59 bits per heavy atom. The van der Waals surface area contributed by atoms with Crippen molar-refractivity contribution in [2.24, 2.45) is 0 Å². The molecule has 0 bridgehead atoms. The van der Waals surface area contributed by atoms with Crippen LogP contribution < -0.4 is 4.90 Å². The normalized spacial score (nSPS) is 14.4. The van der Waals surface area contributed by atoms with Crippen LogP contribution in [-0.2, 0) is 4.74 Å². The smallest absolute Gasteiger partial charge is 0.253 e. The molecule has 2 aromatic carbocycles. The van der Waals surface area contributed by atoms with E-state index >= 15 is 0 Å². The number of anilines is 1. The Kier molecular flexibility index (Phi) is 4.73. The highest BCUT2D eigenvalue weighted by Crippen LogP contribution is 2.25. The zero-order valence-electron chi connectivity index (χ0n) is 15.6. The van der Waals surface area contributed by atoms with Gasteiger partial charge in [-0.25, -0.2) is 4.98 Å². The van der Waals surface area contributed by atoms with E-state index in [4.69, 9.17) is 9.72 Å². The number of carbonyl (C=O) groups is 1. The van der Waals surface area contributed by atoms with Gasteiger partial charge in [-0.05, 0) is 35.4 Å². The molecule has 0 saturated carbocycles. The van der Waals surface area contributed by atoms with E-state index in [1.165, 1.54) is 0 Å². The fraction of sp³-hybridized carbons (Fsp3) is 0.286. The molecule has 4 rings (SSSR count). The van der Waals surface area contributed by atoms with Crippen molar-refractivity contribution in [1.82, 2.24) is 14.9 Å². The molecule has 0 N–H and O–H groups in total. The number of morpholine rings is 1. The molecule has 6 nitrogen and oxygen atoms in total. The van der Waals surface area contributed by atoms with E-state index in [0.717, 1.165) is 41.1 Å². The Bertz CT molecular complexity index is 981. The average Bonchev–Trinajstić information content (AvgIpc) is 2.73. The van der Waals surface area contributed by atoms with E-state index in [9.17, 15) is 4.79 Å². The lowest BCUT2D eigenvalue weighted by molar-refractivity contribution is 0.0827. The summed E-state index contributed by atoms with van der Waals surface area (Å²) in [5.41, 5.74) is 4.38. The summed E-state index contributed by atoms with van der Waals surface area (Å²) < 4.78 is 5.41. The van der Waals surface area contributed by atoms with Crippen molar-refractivity contribution in [2.45, 2.75) is 0 Å². The van der Waals surface area contributed by atoms with Crippen molar-refractivity contribution in [3.05, 3.63) is 54.2 Å². The summed E-state index contributed by atoms with van der Waals surface area (Å²) in [7, 11) is 3.52. The summed E-state index contributed by atoms with van der Waals surface area (Å²) in [5, 5.41) is 0. The number of rotatable bonds is 3. The van der Waals surface area contributed by atoms with Crippen LogP contribution in [0, 0.1) is 0 Å². The van der Waals surface area contributed by atoms with E-state index < -0.39 is 0 Å². The Labute approximate surface area is 158 Å². The van der Waals surface area contributed by atoms with Gasteiger partial charge in [0, 0.05) is 32.7 Å². The van der Waals surface area contributed by atoms with Crippen LogP contribution in [0.15, 0.2) is 48.7 Å². The van der Waals surface area contributed by atoms with Crippen LogP contribution in [0.5, 0.6) is 0 Å². The van der Waals surface area contributed by atoms with Gasteiger partial charge >= 0.3 is 0 Å². The van der Waals surface area contributed by atoms with Crippen molar-refractivity contribution in [1.29, 1.82) is 0 Å². The summed E-state index contributed by atoms with van der Waals surface area (Å²) in [4.78, 5) is 25.4. The first-order valence-corrected chi connectivity index (χ1v) is 9.03. The highest BCUT2D eigenvalue weighted by molar-refractivity contribution is 5.95. The Morgan fingerprint density at radius 1 is 1.04 bits per heavy atom. The van der Waals surface area contributed by atoms with E-state index in [1.807, 2.05) is 48.7 Å². The molecule has 1 fully saturated rings. The summed E-state index contributed by atoms with van der Waals surface area (Å²) >= 11 is 0. The van der Waals surface area contributed by atoms with Crippen molar-refractivity contribution in [2.75, 3.05) is 45.3 Å². The summed E-state index contributed by atoms with van der Waals surface area (Å²) in [6, 6.07) is 13.7. The molecule has 2 heterocycles. The maximum absolute atomic E-state index is 12.2. The number of aromatic nitrogens is 2. The van der Waals surface area contributed by atoms with E-state index in [-0.39, 0.29) is 5.91 Å². The van der Waals surface area contributed by atoms with Crippen LogP contribution in [0.25, 0.3) is 22.2 Å². The lowest BCUT2D eigenvalue weighted by Crippen LogP contribution is -2.36. The lowest BCUT2D eigenvalue weighted by Gasteiger charge is -2.27. The van der Waals surface area contributed by atoms with Crippen molar-refractivity contribution >= 4 is 22.8 Å². The minimum atomic E-state index is -0.00738. The van der Waals surface area contributed by atoms with Crippen LogP contribution in [-0.4, -0.2) is 61.2 Å². The molecule has 1 aliphatic rings. The number of hydrogen-bond donors (Lipinski definition) is 0. The van der Waals surface area contributed by atoms with Gasteiger partial charge in [-0.2, -0.15) is 0 Å². The molecule has 138 valence electrons.